The van der Waals surface area contributed by atoms with Crippen molar-refractivity contribution in [3.63, 3.8) is 0 Å². The first-order valence-corrected chi connectivity index (χ1v) is 6.62. The van der Waals surface area contributed by atoms with E-state index in [0.717, 1.165) is 5.56 Å². The summed E-state index contributed by atoms with van der Waals surface area (Å²) in [6, 6.07) is 14.1. The maximum Gasteiger partial charge on any atom is 0.164 e. The van der Waals surface area contributed by atoms with Crippen LogP contribution in [0.1, 0.15) is 28.4 Å². The average Bonchev–Trinajstić information content (AvgIpc) is 2.42. The van der Waals surface area contributed by atoms with Crippen molar-refractivity contribution in [3.8, 4) is 0 Å². The van der Waals surface area contributed by atoms with Gasteiger partial charge in [0.2, 0.25) is 0 Å². The van der Waals surface area contributed by atoms with Gasteiger partial charge in [0.15, 0.2) is 5.78 Å². The average molecular weight is 294 g/mol. The van der Waals surface area contributed by atoms with Gasteiger partial charge in [0, 0.05) is 18.0 Å². The van der Waals surface area contributed by atoms with E-state index in [1.165, 1.54) is 0 Å². The van der Waals surface area contributed by atoms with Crippen LogP contribution >= 0.6 is 23.2 Å². The third-order valence-electron chi connectivity index (χ3n) is 2.87. The fraction of sp³-hybridized carbons (Fsp3) is 0.133. The maximum absolute atomic E-state index is 12.1. The lowest BCUT2D eigenvalue weighted by molar-refractivity contribution is 0.0974. The minimum absolute atomic E-state index is 0.0464. The second-order valence-corrected chi connectivity index (χ2v) is 5.09. The molecule has 0 bridgehead atoms. The van der Waals surface area contributed by atoms with Crippen LogP contribution in [-0.4, -0.2) is 5.78 Å². The Bertz CT molecular complexity index is 584. The van der Waals surface area contributed by atoms with Crippen LogP contribution in [0, 0.1) is 0 Å². The van der Waals surface area contributed by atoms with E-state index in [2.05, 4.69) is 0 Å². The van der Waals surface area contributed by atoms with Gasteiger partial charge >= 0.3 is 0 Å². The standard InChI is InChI=1S/C15H13Cl2NO/c16-12-7-6-11(8-13(12)17)15(19)9-14(18)10-4-2-1-3-5-10/h1-8,14H,9,18H2. The van der Waals surface area contributed by atoms with Gasteiger partial charge in [0.1, 0.15) is 0 Å². The summed E-state index contributed by atoms with van der Waals surface area (Å²) in [6.45, 7) is 0. The maximum atomic E-state index is 12.1. The Kier molecular flexibility index (Phi) is 4.59. The Morgan fingerprint density at radius 2 is 1.74 bits per heavy atom. The molecule has 2 N–H and O–H groups in total. The van der Waals surface area contributed by atoms with Gasteiger partial charge in [-0.2, -0.15) is 0 Å². The number of hydrogen-bond acceptors (Lipinski definition) is 2. The molecule has 2 rings (SSSR count). The number of halogens is 2. The minimum Gasteiger partial charge on any atom is -0.324 e. The van der Waals surface area contributed by atoms with Crippen molar-refractivity contribution in [3.05, 3.63) is 69.7 Å². The van der Waals surface area contributed by atoms with Gasteiger partial charge in [0.25, 0.3) is 0 Å². The fourth-order valence-corrected chi connectivity index (χ4v) is 2.10. The molecule has 2 nitrogen and oxygen atoms in total. The molecule has 98 valence electrons. The molecule has 0 aliphatic rings. The molecule has 0 radical (unpaired) electrons. The van der Waals surface area contributed by atoms with Gasteiger partial charge in [-0.25, -0.2) is 0 Å². The Labute approximate surface area is 122 Å². The van der Waals surface area contributed by atoms with Crippen LogP contribution in [0.3, 0.4) is 0 Å². The highest BCUT2D eigenvalue weighted by Crippen LogP contribution is 2.24. The molecule has 0 amide bonds. The number of Topliss-reactive ketones (excluding diaryl/α,β-unsaturated/α-hetero) is 1. The molecule has 0 heterocycles. The number of ketones is 1. The monoisotopic (exact) mass is 293 g/mol. The van der Waals surface area contributed by atoms with E-state index >= 15 is 0 Å². The van der Waals surface area contributed by atoms with Crippen molar-refractivity contribution in [2.75, 3.05) is 0 Å². The number of carbonyl (C=O) groups excluding carboxylic acids is 1. The smallest absolute Gasteiger partial charge is 0.164 e. The van der Waals surface area contributed by atoms with Crippen molar-refractivity contribution in [2.24, 2.45) is 5.73 Å². The zero-order valence-corrected chi connectivity index (χ0v) is 11.7. The van der Waals surface area contributed by atoms with E-state index in [9.17, 15) is 4.79 Å². The molecule has 0 saturated heterocycles. The van der Waals surface area contributed by atoms with Gasteiger partial charge in [-0.1, -0.05) is 53.5 Å². The Hall–Kier alpha value is -1.35. The quantitative estimate of drug-likeness (QED) is 0.856. The SMILES string of the molecule is NC(CC(=O)c1ccc(Cl)c(Cl)c1)c1ccccc1. The van der Waals surface area contributed by atoms with E-state index in [-0.39, 0.29) is 18.2 Å². The van der Waals surface area contributed by atoms with Crippen molar-refractivity contribution in [2.45, 2.75) is 12.5 Å². The topological polar surface area (TPSA) is 43.1 Å². The summed E-state index contributed by atoms with van der Waals surface area (Å²) < 4.78 is 0. The van der Waals surface area contributed by atoms with E-state index in [4.69, 9.17) is 28.9 Å². The first-order chi connectivity index (χ1) is 9.08. The van der Waals surface area contributed by atoms with Gasteiger partial charge in [0.05, 0.1) is 10.0 Å². The molecule has 4 heteroatoms. The lowest BCUT2D eigenvalue weighted by atomic mass is 9.99. The number of benzene rings is 2. The second kappa shape index (κ2) is 6.20. The van der Waals surface area contributed by atoms with Crippen LogP contribution in [0.5, 0.6) is 0 Å². The van der Waals surface area contributed by atoms with E-state index in [0.29, 0.717) is 15.6 Å². The second-order valence-electron chi connectivity index (χ2n) is 4.27. The molecule has 0 aromatic heterocycles. The van der Waals surface area contributed by atoms with Crippen molar-refractivity contribution in [1.29, 1.82) is 0 Å². The molecule has 2 aromatic rings. The van der Waals surface area contributed by atoms with Crippen molar-refractivity contribution in [1.82, 2.24) is 0 Å². The highest BCUT2D eigenvalue weighted by atomic mass is 35.5. The molecular formula is C15H13Cl2NO. The molecule has 0 aliphatic heterocycles. The zero-order chi connectivity index (χ0) is 13.8. The first kappa shape index (κ1) is 14.1. The molecule has 1 atom stereocenters. The fourth-order valence-electron chi connectivity index (χ4n) is 1.81. The van der Waals surface area contributed by atoms with Gasteiger partial charge in [-0.3, -0.25) is 4.79 Å². The van der Waals surface area contributed by atoms with Gasteiger partial charge in [-0.05, 0) is 23.8 Å². The third kappa shape index (κ3) is 3.57. The summed E-state index contributed by atoms with van der Waals surface area (Å²) in [7, 11) is 0. The van der Waals surface area contributed by atoms with Crippen LogP contribution in [0.2, 0.25) is 10.0 Å². The molecular weight excluding hydrogens is 281 g/mol. The minimum atomic E-state index is -0.317. The number of carbonyl (C=O) groups is 1. The highest BCUT2D eigenvalue weighted by molar-refractivity contribution is 6.42. The molecule has 0 fully saturated rings. The summed E-state index contributed by atoms with van der Waals surface area (Å²) >= 11 is 11.7. The predicted octanol–water partition coefficient (Wildman–Crippen LogP) is 4.27. The van der Waals surface area contributed by atoms with Crippen LogP contribution in [0.25, 0.3) is 0 Å². The first-order valence-electron chi connectivity index (χ1n) is 5.86. The van der Waals surface area contributed by atoms with E-state index in [1.54, 1.807) is 18.2 Å². The molecule has 1 unspecified atom stereocenters. The van der Waals surface area contributed by atoms with E-state index < -0.39 is 0 Å². The summed E-state index contributed by atoms with van der Waals surface area (Å²) in [4.78, 5) is 12.1. The summed E-state index contributed by atoms with van der Waals surface area (Å²) in [5.74, 6) is -0.0464. The number of rotatable bonds is 4. The Morgan fingerprint density at radius 3 is 2.37 bits per heavy atom. The third-order valence-corrected chi connectivity index (χ3v) is 3.61. The highest BCUT2D eigenvalue weighted by Gasteiger charge is 2.14. The van der Waals surface area contributed by atoms with Crippen molar-refractivity contribution < 1.29 is 4.79 Å². The summed E-state index contributed by atoms with van der Waals surface area (Å²) in [5.41, 5.74) is 7.49. The predicted molar refractivity (Wildman–Crippen MR) is 78.8 cm³/mol. The van der Waals surface area contributed by atoms with Crippen LogP contribution in [0.15, 0.2) is 48.5 Å². The lowest BCUT2D eigenvalue weighted by Crippen LogP contribution is -2.15. The largest absolute Gasteiger partial charge is 0.324 e. The van der Waals surface area contributed by atoms with Crippen LogP contribution in [0.4, 0.5) is 0 Å². The van der Waals surface area contributed by atoms with Gasteiger partial charge in [-0.15, -0.1) is 0 Å². The molecule has 2 aromatic carbocycles. The normalized spacial score (nSPS) is 12.2. The van der Waals surface area contributed by atoms with E-state index in [1.807, 2.05) is 30.3 Å². The zero-order valence-electron chi connectivity index (χ0n) is 10.1. The Balaban J connectivity index is 2.11. The van der Waals surface area contributed by atoms with Crippen LogP contribution < -0.4 is 5.73 Å². The lowest BCUT2D eigenvalue weighted by Gasteiger charge is -2.11. The Morgan fingerprint density at radius 1 is 1.05 bits per heavy atom. The summed E-state index contributed by atoms with van der Waals surface area (Å²) in [6.07, 6.45) is 0.238. The number of nitrogens with two attached hydrogens (primary N) is 1. The number of hydrogen-bond donors (Lipinski definition) is 1. The molecule has 0 aliphatic carbocycles. The molecule has 0 spiro atoms. The summed E-state index contributed by atoms with van der Waals surface area (Å²) in [5, 5.41) is 0.811. The van der Waals surface area contributed by atoms with Gasteiger partial charge < -0.3 is 5.73 Å². The van der Waals surface area contributed by atoms with Crippen molar-refractivity contribution >= 4 is 29.0 Å². The molecule has 0 saturated carbocycles. The van der Waals surface area contributed by atoms with Crippen LogP contribution in [-0.2, 0) is 0 Å². The molecule has 19 heavy (non-hydrogen) atoms.